The Labute approximate surface area is 90.5 Å². The second kappa shape index (κ2) is 4.45. The van der Waals surface area contributed by atoms with Gasteiger partial charge in [0.25, 0.3) is 0 Å². The fraction of sp³-hybridized carbons (Fsp3) is 0.400. The molecule has 0 aromatic heterocycles. The molecule has 1 aromatic rings. The Hall–Kier alpha value is -1.68. The summed E-state index contributed by atoms with van der Waals surface area (Å²) in [4.78, 5) is 2.38. The van der Waals surface area contributed by atoms with E-state index in [2.05, 4.69) is 10.0 Å². The van der Waals surface area contributed by atoms with Gasteiger partial charge in [0.15, 0.2) is 0 Å². The number of hydrogen-bond acceptors (Lipinski definition) is 1. The van der Waals surface area contributed by atoms with E-state index in [1.165, 1.54) is 12.1 Å². The topological polar surface area (TPSA) is 48.8 Å². The van der Waals surface area contributed by atoms with Crippen LogP contribution in [0, 0.1) is 0 Å². The lowest BCUT2D eigenvalue weighted by molar-refractivity contribution is -0.137. The first-order valence-corrected chi connectivity index (χ1v) is 4.62. The van der Waals surface area contributed by atoms with Crippen molar-refractivity contribution >= 4 is 5.69 Å². The molecular formula is C10H10F3N3. The lowest BCUT2D eigenvalue weighted by Crippen LogP contribution is -2.06. The zero-order valence-corrected chi connectivity index (χ0v) is 8.78. The summed E-state index contributed by atoms with van der Waals surface area (Å²) in [6, 6.07) is 3.75. The number of halogens is 3. The van der Waals surface area contributed by atoms with E-state index in [4.69, 9.17) is 5.53 Å². The lowest BCUT2D eigenvalue weighted by Gasteiger charge is -2.13. The molecule has 1 rings (SSSR count). The molecular weight excluding hydrogens is 219 g/mol. The fourth-order valence-corrected chi connectivity index (χ4v) is 1.28. The van der Waals surface area contributed by atoms with E-state index in [-0.39, 0.29) is 11.6 Å². The first-order chi connectivity index (χ1) is 7.36. The van der Waals surface area contributed by atoms with Gasteiger partial charge in [-0.05, 0) is 23.1 Å². The Morgan fingerprint density at radius 2 is 1.94 bits per heavy atom. The highest BCUT2D eigenvalue weighted by molar-refractivity contribution is 5.50. The predicted molar refractivity (Wildman–Crippen MR) is 54.3 cm³/mol. The average molecular weight is 229 g/mol. The van der Waals surface area contributed by atoms with Gasteiger partial charge in [0.2, 0.25) is 0 Å². The zero-order valence-electron chi connectivity index (χ0n) is 8.78. The second-order valence-corrected chi connectivity index (χ2v) is 3.62. The summed E-state index contributed by atoms with van der Waals surface area (Å²) in [6.45, 7) is 3.59. The SMILES string of the molecule is CC(C)c1ccc(N=[N+]=[N-])c(C(F)(F)F)c1. The number of nitrogens with zero attached hydrogens (tertiary/aromatic N) is 3. The van der Waals surface area contributed by atoms with Gasteiger partial charge in [0.05, 0.1) is 5.56 Å². The van der Waals surface area contributed by atoms with E-state index >= 15 is 0 Å². The van der Waals surface area contributed by atoms with Crippen LogP contribution in [0.25, 0.3) is 10.4 Å². The van der Waals surface area contributed by atoms with Crippen LogP contribution in [-0.2, 0) is 6.18 Å². The van der Waals surface area contributed by atoms with Crippen LogP contribution < -0.4 is 0 Å². The van der Waals surface area contributed by atoms with Crippen LogP contribution in [0.5, 0.6) is 0 Å². The van der Waals surface area contributed by atoms with Crippen molar-refractivity contribution in [2.45, 2.75) is 25.9 Å². The Bertz CT molecular complexity index is 431. The highest BCUT2D eigenvalue weighted by atomic mass is 19.4. The molecule has 0 bridgehead atoms. The standard InChI is InChI=1S/C10H10F3N3/c1-6(2)7-3-4-9(15-16-14)8(5-7)10(11,12)13/h3-6H,1-2H3. The third-order valence-corrected chi connectivity index (χ3v) is 2.15. The van der Waals surface area contributed by atoms with Crippen LogP contribution in [0.4, 0.5) is 18.9 Å². The van der Waals surface area contributed by atoms with Crippen molar-refractivity contribution < 1.29 is 13.2 Å². The first-order valence-electron chi connectivity index (χ1n) is 4.62. The van der Waals surface area contributed by atoms with E-state index in [1.54, 1.807) is 13.8 Å². The molecule has 0 saturated carbocycles. The van der Waals surface area contributed by atoms with Crippen molar-refractivity contribution in [1.82, 2.24) is 0 Å². The van der Waals surface area contributed by atoms with Crippen LogP contribution in [0.15, 0.2) is 23.3 Å². The molecule has 0 radical (unpaired) electrons. The van der Waals surface area contributed by atoms with Gasteiger partial charge in [0, 0.05) is 10.6 Å². The van der Waals surface area contributed by atoms with Gasteiger partial charge in [0.1, 0.15) is 0 Å². The number of azide groups is 1. The summed E-state index contributed by atoms with van der Waals surface area (Å²) < 4.78 is 37.9. The van der Waals surface area contributed by atoms with Crippen molar-refractivity contribution in [2.24, 2.45) is 5.11 Å². The molecule has 0 N–H and O–H groups in total. The summed E-state index contributed by atoms with van der Waals surface area (Å²) in [5.74, 6) is -0.0128. The third kappa shape index (κ3) is 2.67. The molecule has 6 heteroatoms. The highest BCUT2D eigenvalue weighted by Gasteiger charge is 2.33. The zero-order chi connectivity index (χ0) is 12.3. The average Bonchev–Trinajstić information content (AvgIpc) is 2.16. The molecule has 16 heavy (non-hydrogen) atoms. The van der Waals surface area contributed by atoms with Gasteiger partial charge >= 0.3 is 6.18 Å². The maximum Gasteiger partial charge on any atom is 0.416 e. The van der Waals surface area contributed by atoms with Crippen molar-refractivity contribution in [2.75, 3.05) is 0 Å². The molecule has 0 spiro atoms. The summed E-state index contributed by atoms with van der Waals surface area (Å²) in [6.07, 6.45) is -4.51. The Balaban J connectivity index is 3.38. The monoisotopic (exact) mass is 229 g/mol. The van der Waals surface area contributed by atoms with Gasteiger partial charge in [-0.3, -0.25) is 0 Å². The smallest absolute Gasteiger partial charge is 0.166 e. The molecule has 0 heterocycles. The van der Waals surface area contributed by atoms with Gasteiger partial charge in [-0.1, -0.05) is 31.1 Å². The molecule has 3 nitrogen and oxygen atoms in total. The van der Waals surface area contributed by atoms with Crippen molar-refractivity contribution in [3.63, 3.8) is 0 Å². The highest BCUT2D eigenvalue weighted by Crippen LogP contribution is 2.38. The van der Waals surface area contributed by atoms with Gasteiger partial charge in [-0.2, -0.15) is 13.2 Å². The molecule has 0 amide bonds. The van der Waals surface area contributed by atoms with Crippen LogP contribution >= 0.6 is 0 Å². The molecule has 86 valence electrons. The maximum absolute atomic E-state index is 12.6. The van der Waals surface area contributed by atoms with Gasteiger partial charge in [-0.25, -0.2) is 0 Å². The molecule has 0 atom stereocenters. The van der Waals surface area contributed by atoms with E-state index in [1.807, 2.05) is 0 Å². The Kier molecular flexibility index (Phi) is 3.44. The Morgan fingerprint density at radius 3 is 2.38 bits per heavy atom. The van der Waals surface area contributed by atoms with Crippen molar-refractivity contribution in [3.05, 3.63) is 39.8 Å². The van der Waals surface area contributed by atoms with Gasteiger partial charge in [-0.15, -0.1) is 0 Å². The van der Waals surface area contributed by atoms with E-state index in [0.29, 0.717) is 5.56 Å². The first kappa shape index (κ1) is 12.4. The normalized spacial score (nSPS) is 11.4. The number of benzene rings is 1. The lowest BCUT2D eigenvalue weighted by atomic mass is 9.99. The van der Waals surface area contributed by atoms with E-state index in [9.17, 15) is 13.2 Å². The van der Waals surface area contributed by atoms with Gasteiger partial charge < -0.3 is 0 Å². The summed E-state index contributed by atoms with van der Waals surface area (Å²) >= 11 is 0. The fourth-order valence-electron chi connectivity index (χ4n) is 1.28. The molecule has 0 saturated heterocycles. The predicted octanol–water partition coefficient (Wildman–Crippen LogP) is 4.77. The number of alkyl halides is 3. The molecule has 0 aliphatic heterocycles. The minimum atomic E-state index is -4.51. The van der Waals surface area contributed by atoms with Crippen molar-refractivity contribution in [1.29, 1.82) is 0 Å². The Morgan fingerprint density at radius 1 is 1.31 bits per heavy atom. The second-order valence-electron chi connectivity index (χ2n) is 3.62. The van der Waals surface area contributed by atoms with E-state index in [0.717, 1.165) is 6.07 Å². The molecule has 0 aliphatic carbocycles. The molecule has 1 aromatic carbocycles. The summed E-state index contributed by atoms with van der Waals surface area (Å²) in [7, 11) is 0. The van der Waals surface area contributed by atoms with E-state index < -0.39 is 11.7 Å². The quantitative estimate of drug-likeness (QED) is 0.398. The van der Waals surface area contributed by atoms with Crippen LogP contribution in [0.3, 0.4) is 0 Å². The van der Waals surface area contributed by atoms with Crippen molar-refractivity contribution in [3.8, 4) is 0 Å². The summed E-state index contributed by atoms with van der Waals surface area (Å²) in [5.41, 5.74) is 7.46. The van der Waals surface area contributed by atoms with Crippen LogP contribution in [0.1, 0.15) is 30.9 Å². The van der Waals surface area contributed by atoms with Crippen LogP contribution in [-0.4, -0.2) is 0 Å². The third-order valence-electron chi connectivity index (χ3n) is 2.15. The number of hydrogen-bond donors (Lipinski definition) is 0. The largest absolute Gasteiger partial charge is 0.416 e. The van der Waals surface area contributed by atoms with Crippen LogP contribution in [0.2, 0.25) is 0 Å². The molecule has 0 unspecified atom stereocenters. The molecule has 0 fully saturated rings. The summed E-state index contributed by atoms with van der Waals surface area (Å²) in [5, 5.41) is 3.03. The maximum atomic E-state index is 12.6. The minimum Gasteiger partial charge on any atom is -0.166 e. The minimum absolute atomic E-state index is 0.0128. The number of rotatable bonds is 2. The molecule has 0 aliphatic rings.